The van der Waals surface area contributed by atoms with Crippen LogP contribution < -0.4 is 9.61 Å². The molecule has 2 rings (SSSR count). The van der Waals surface area contributed by atoms with Gasteiger partial charge in [0.2, 0.25) is 5.91 Å². The number of amides is 1. The zero-order chi connectivity index (χ0) is 18.4. The number of nitrogens with zero attached hydrogens (tertiary/aromatic N) is 1. The van der Waals surface area contributed by atoms with E-state index >= 15 is 0 Å². The molecule has 2 aromatic carbocycles. The van der Waals surface area contributed by atoms with Crippen LogP contribution >= 0.6 is 0 Å². The Morgan fingerprint density at radius 1 is 1.08 bits per heavy atom. The average Bonchev–Trinajstić information content (AvgIpc) is 2.56. The Bertz CT molecular complexity index is 855. The Balaban J connectivity index is 2.03. The molecule has 0 saturated heterocycles. The van der Waals surface area contributed by atoms with Crippen LogP contribution in [0.1, 0.15) is 25.0 Å². The summed E-state index contributed by atoms with van der Waals surface area (Å²) in [6, 6.07) is 12.8. The molecule has 0 spiro atoms. The van der Waals surface area contributed by atoms with Gasteiger partial charge in [0.25, 0.3) is 0 Å². The lowest BCUT2D eigenvalue weighted by molar-refractivity contribution is -0.123. The van der Waals surface area contributed by atoms with Gasteiger partial charge in [-0.25, -0.2) is 5.43 Å². The molecule has 2 aromatic rings. The summed E-state index contributed by atoms with van der Waals surface area (Å²) in [6.45, 7) is 5.41. The number of rotatable bonds is 6. The highest BCUT2D eigenvalue weighted by Crippen LogP contribution is 2.19. The van der Waals surface area contributed by atoms with Gasteiger partial charge in [-0.15, -0.1) is 0 Å². The van der Waals surface area contributed by atoms with E-state index in [4.69, 9.17) is 4.18 Å². The largest absolute Gasteiger partial charge is 0.379 e. The lowest BCUT2D eigenvalue weighted by Gasteiger charge is -2.07. The monoisotopic (exact) mass is 360 g/mol. The molecule has 0 radical (unpaired) electrons. The number of carbonyl (C=O) groups is 1. The molecule has 0 aliphatic rings. The molecule has 0 bridgehead atoms. The van der Waals surface area contributed by atoms with Gasteiger partial charge < -0.3 is 4.18 Å². The zero-order valence-electron chi connectivity index (χ0n) is 14.3. The number of carbonyl (C=O) groups excluding carboxylic acids is 1. The van der Waals surface area contributed by atoms with Gasteiger partial charge in [0.1, 0.15) is 10.6 Å². The Morgan fingerprint density at radius 3 is 2.24 bits per heavy atom. The van der Waals surface area contributed by atoms with E-state index in [0.29, 0.717) is 5.56 Å². The first-order chi connectivity index (χ1) is 11.8. The summed E-state index contributed by atoms with van der Waals surface area (Å²) in [6.07, 6.45) is 1.47. The number of aryl methyl sites for hydroxylation is 1. The summed E-state index contributed by atoms with van der Waals surface area (Å²) in [7, 11) is -3.87. The topological polar surface area (TPSA) is 84.8 Å². The van der Waals surface area contributed by atoms with Gasteiger partial charge in [0, 0.05) is 5.92 Å². The Labute approximate surface area is 147 Å². The third-order valence-electron chi connectivity index (χ3n) is 3.31. The van der Waals surface area contributed by atoms with Crippen molar-refractivity contribution in [3.63, 3.8) is 0 Å². The van der Waals surface area contributed by atoms with Gasteiger partial charge in [-0.3, -0.25) is 4.79 Å². The van der Waals surface area contributed by atoms with Crippen molar-refractivity contribution in [1.29, 1.82) is 0 Å². The van der Waals surface area contributed by atoms with Crippen LogP contribution in [0.15, 0.2) is 58.5 Å². The highest BCUT2D eigenvalue weighted by atomic mass is 32.2. The third-order valence-corrected chi connectivity index (χ3v) is 4.57. The maximum absolute atomic E-state index is 12.2. The fraction of sp³-hybridized carbons (Fsp3) is 0.222. The molecule has 0 aliphatic heterocycles. The second-order valence-corrected chi connectivity index (χ2v) is 7.35. The minimum atomic E-state index is -3.87. The molecule has 7 heteroatoms. The van der Waals surface area contributed by atoms with E-state index in [0.717, 1.165) is 5.56 Å². The van der Waals surface area contributed by atoms with Gasteiger partial charge in [-0.2, -0.15) is 13.5 Å². The molecule has 0 heterocycles. The minimum absolute atomic E-state index is 0.0973. The number of hydrazone groups is 1. The molecule has 1 amide bonds. The summed E-state index contributed by atoms with van der Waals surface area (Å²) in [5, 5.41) is 3.84. The summed E-state index contributed by atoms with van der Waals surface area (Å²) in [5.74, 6) is -0.135. The molecular formula is C18H20N2O4S. The lowest BCUT2D eigenvalue weighted by atomic mass is 10.2. The average molecular weight is 360 g/mol. The zero-order valence-corrected chi connectivity index (χ0v) is 15.1. The summed E-state index contributed by atoms with van der Waals surface area (Å²) in [5.41, 5.74) is 4.08. The molecule has 0 saturated carbocycles. The predicted octanol–water partition coefficient (Wildman–Crippen LogP) is 2.87. The van der Waals surface area contributed by atoms with Crippen LogP contribution in [0.5, 0.6) is 5.75 Å². The molecule has 0 unspecified atom stereocenters. The van der Waals surface area contributed by atoms with Crippen LogP contribution in [-0.2, 0) is 14.9 Å². The highest BCUT2D eigenvalue weighted by molar-refractivity contribution is 7.87. The van der Waals surface area contributed by atoms with Gasteiger partial charge in [0.15, 0.2) is 0 Å². The van der Waals surface area contributed by atoms with E-state index in [1.807, 2.05) is 6.92 Å². The van der Waals surface area contributed by atoms with Crippen molar-refractivity contribution in [1.82, 2.24) is 5.43 Å². The smallest absolute Gasteiger partial charge is 0.339 e. The molecule has 0 atom stereocenters. The third kappa shape index (κ3) is 5.42. The van der Waals surface area contributed by atoms with Crippen LogP contribution in [0.3, 0.4) is 0 Å². The SMILES string of the molecule is Cc1ccc(S(=O)(=O)Oc2ccc(C=NNC(=O)C(C)C)cc2)cc1. The molecule has 25 heavy (non-hydrogen) atoms. The molecule has 0 aromatic heterocycles. The van der Waals surface area contributed by atoms with Gasteiger partial charge in [-0.05, 0) is 48.9 Å². The summed E-state index contributed by atoms with van der Waals surface area (Å²) in [4.78, 5) is 11.5. The van der Waals surface area contributed by atoms with Crippen molar-refractivity contribution >= 4 is 22.2 Å². The van der Waals surface area contributed by atoms with E-state index in [9.17, 15) is 13.2 Å². The second kappa shape index (κ2) is 7.94. The van der Waals surface area contributed by atoms with Crippen molar-refractivity contribution in [2.75, 3.05) is 0 Å². The number of hydrogen-bond acceptors (Lipinski definition) is 5. The Hall–Kier alpha value is -2.67. The van der Waals surface area contributed by atoms with Crippen LogP contribution in [0.2, 0.25) is 0 Å². The first-order valence-corrected chi connectivity index (χ1v) is 9.13. The van der Waals surface area contributed by atoms with Crippen molar-refractivity contribution in [3.8, 4) is 5.75 Å². The highest BCUT2D eigenvalue weighted by Gasteiger charge is 2.16. The standard InChI is InChI=1S/C18H20N2O4S/c1-13(2)18(21)20-19-12-15-6-8-16(9-7-15)24-25(22,23)17-10-4-14(3)5-11-17/h4-13H,1-3H3,(H,20,21). The normalized spacial score (nSPS) is 11.7. The van der Waals surface area contributed by atoms with Gasteiger partial charge in [0.05, 0.1) is 6.21 Å². The molecule has 6 nitrogen and oxygen atoms in total. The molecule has 0 aliphatic carbocycles. The van der Waals surface area contributed by atoms with E-state index in [-0.39, 0.29) is 22.5 Å². The minimum Gasteiger partial charge on any atom is -0.379 e. The van der Waals surface area contributed by atoms with Gasteiger partial charge in [-0.1, -0.05) is 31.5 Å². The van der Waals surface area contributed by atoms with Crippen molar-refractivity contribution in [2.24, 2.45) is 11.0 Å². The predicted molar refractivity (Wildman–Crippen MR) is 96.0 cm³/mol. The maximum atomic E-state index is 12.2. The fourth-order valence-electron chi connectivity index (χ4n) is 1.79. The van der Waals surface area contributed by atoms with E-state index < -0.39 is 10.1 Å². The molecule has 132 valence electrons. The Morgan fingerprint density at radius 2 is 1.68 bits per heavy atom. The molecule has 1 N–H and O–H groups in total. The van der Waals surface area contributed by atoms with Crippen LogP contribution in [-0.4, -0.2) is 20.5 Å². The van der Waals surface area contributed by atoms with Crippen LogP contribution in [0.4, 0.5) is 0 Å². The number of nitrogens with one attached hydrogen (secondary N) is 1. The van der Waals surface area contributed by atoms with Gasteiger partial charge >= 0.3 is 10.1 Å². The number of hydrogen-bond donors (Lipinski definition) is 1. The first-order valence-electron chi connectivity index (χ1n) is 7.72. The van der Waals surface area contributed by atoms with Crippen LogP contribution in [0.25, 0.3) is 0 Å². The van der Waals surface area contributed by atoms with Crippen molar-refractivity contribution in [2.45, 2.75) is 25.7 Å². The number of benzene rings is 2. The quantitative estimate of drug-likeness (QED) is 0.488. The van der Waals surface area contributed by atoms with E-state index in [1.54, 1.807) is 38.1 Å². The summed E-state index contributed by atoms with van der Waals surface area (Å²) < 4.78 is 29.5. The van der Waals surface area contributed by atoms with E-state index in [1.165, 1.54) is 30.5 Å². The second-order valence-electron chi connectivity index (χ2n) is 5.81. The Kier molecular flexibility index (Phi) is 5.93. The first kappa shape index (κ1) is 18.7. The fourth-order valence-corrected chi connectivity index (χ4v) is 2.72. The maximum Gasteiger partial charge on any atom is 0.339 e. The lowest BCUT2D eigenvalue weighted by Crippen LogP contribution is -2.22. The van der Waals surface area contributed by atoms with Crippen molar-refractivity contribution < 1.29 is 17.4 Å². The summed E-state index contributed by atoms with van der Waals surface area (Å²) >= 11 is 0. The molecule has 0 fully saturated rings. The van der Waals surface area contributed by atoms with Crippen molar-refractivity contribution in [3.05, 3.63) is 59.7 Å². The van der Waals surface area contributed by atoms with Crippen LogP contribution in [0, 0.1) is 12.8 Å². The molecular weight excluding hydrogens is 340 g/mol. The van der Waals surface area contributed by atoms with E-state index in [2.05, 4.69) is 10.5 Å².